The molecule has 1 saturated heterocycles. The molecule has 2 aromatic carbocycles. The highest BCUT2D eigenvalue weighted by Crippen LogP contribution is 2.25. The number of benzene rings is 2. The Labute approximate surface area is 158 Å². The van der Waals surface area contributed by atoms with Crippen molar-refractivity contribution >= 4 is 16.9 Å². The lowest BCUT2D eigenvalue weighted by Crippen LogP contribution is -2.40. The first-order chi connectivity index (χ1) is 13.2. The lowest BCUT2D eigenvalue weighted by molar-refractivity contribution is 0.0695. The van der Waals surface area contributed by atoms with Crippen molar-refractivity contribution < 1.29 is 4.79 Å². The van der Waals surface area contributed by atoms with E-state index < -0.39 is 0 Å². The zero-order valence-corrected chi connectivity index (χ0v) is 15.6. The third-order valence-corrected chi connectivity index (χ3v) is 5.48. The summed E-state index contributed by atoms with van der Waals surface area (Å²) in [6.07, 6.45) is 3.73. The first-order valence-corrected chi connectivity index (χ1v) is 9.75. The average molecular weight is 363 g/mol. The summed E-state index contributed by atoms with van der Waals surface area (Å²) in [7, 11) is 0. The molecule has 1 aromatic heterocycles. The van der Waals surface area contributed by atoms with Crippen LogP contribution in [0.25, 0.3) is 11.0 Å². The van der Waals surface area contributed by atoms with Gasteiger partial charge in [0.2, 0.25) is 0 Å². The Hall–Kier alpha value is -2.82. The van der Waals surface area contributed by atoms with Crippen LogP contribution in [0.15, 0.2) is 53.3 Å². The molecule has 1 N–H and O–H groups in total. The molecule has 0 bridgehead atoms. The minimum Gasteiger partial charge on any atom is -0.338 e. The molecule has 5 nitrogen and oxygen atoms in total. The zero-order chi connectivity index (χ0) is 18.8. The first-order valence-electron chi connectivity index (χ1n) is 9.75. The monoisotopic (exact) mass is 363 g/mol. The van der Waals surface area contributed by atoms with Crippen molar-refractivity contribution in [2.45, 2.75) is 38.6 Å². The smallest absolute Gasteiger partial charge is 0.326 e. The molecule has 5 heteroatoms. The maximum absolute atomic E-state index is 12.8. The Balaban J connectivity index is 1.46. The molecule has 4 rings (SSSR count). The second-order valence-corrected chi connectivity index (χ2v) is 7.29. The van der Waals surface area contributed by atoms with Crippen LogP contribution in [-0.4, -0.2) is 33.4 Å². The van der Waals surface area contributed by atoms with E-state index in [2.05, 4.69) is 24.0 Å². The molecule has 1 aliphatic heterocycles. The van der Waals surface area contributed by atoms with E-state index in [-0.39, 0.29) is 17.6 Å². The minimum absolute atomic E-state index is 0.0625. The highest BCUT2D eigenvalue weighted by molar-refractivity contribution is 5.94. The summed E-state index contributed by atoms with van der Waals surface area (Å²) >= 11 is 0. The Morgan fingerprint density at radius 2 is 1.78 bits per heavy atom. The topological polar surface area (TPSA) is 58.1 Å². The van der Waals surface area contributed by atoms with E-state index in [0.717, 1.165) is 42.3 Å². The van der Waals surface area contributed by atoms with E-state index in [1.165, 1.54) is 5.56 Å². The molecule has 0 radical (unpaired) electrons. The van der Waals surface area contributed by atoms with Crippen LogP contribution in [-0.2, 0) is 6.42 Å². The molecule has 0 unspecified atom stereocenters. The van der Waals surface area contributed by atoms with Crippen molar-refractivity contribution in [2.75, 3.05) is 13.1 Å². The average Bonchev–Trinajstić information content (AvgIpc) is 3.04. The number of H-pyrrole nitrogens is 1. The van der Waals surface area contributed by atoms with Crippen LogP contribution in [0.4, 0.5) is 0 Å². The summed E-state index contributed by atoms with van der Waals surface area (Å²) in [4.78, 5) is 30.0. The van der Waals surface area contributed by atoms with Gasteiger partial charge in [0.1, 0.15) is 0 Å². The fourth-order valence-electron chi connectivity index (χ4n) is 4.05. The molecule has 0 aliphatic carbocycles. The Kier molecular flexibility index (Phi) is 4.84. The molecular weight excluding hydrogens is 338 g/mol. The number of carbonyl (C=O) groups excluding carboxylic acids is 1. The van der Waals surface area contributed by atoms with Gasteiger partial charge >= 0.3 is 5.69 Å². The SMILES string of the molecule is CCCc1ccc(C(=O)N2CCC(n3c(=O)[nH]c4ccccc43)CC2)cc1. The number of aromatic amines is 1. The van der Waals surface area contributed by atoms with Gasteiger partial charge < -0.3 is 9.88 Å². The van der Waals surface area contributed by atoms with Crippen molar-refractivity contribution in [3.8, 4) is 0 Å². The van der Waals surface area contributed by atoms with E-state index in [9.17, 15) is 9.59 Å². The van der Waals surface area contributed by atoms with Crippen LogP contribution in [0.2, 0.25) is 0 Å². The fraction of sp³-hybridized carbons (Fsp3) is 0.364. The molecule has 0 saturated carbocycles. The number of carbonyl (C=O) groups is 1. The molecule has 0 spiro atoms. The maximum Gasteiger partial charge on any atom is 0.326 e. The number of hydrogen-bond acceptors (Lipinski definition) is 2. The van der Waals surface area contributed by atoms with Gasteiger partial charge in [-0.15, -0.1) is 0 Å². The number of piperidine rings is 1. The fourth-order valence-corrected chi connectivity index (χ4v) is 4.05. The summed E-state index contributed by atoms with van der Waals surface area (Å²) in [5, 5.41) is 0. The Morgan fingerprint density at radius 1 is 1.07 bits per heavy atom. The van der Waals surface area contributed by atoms with E-state index in [4.69, 9.17) is 0 Å². The van der Waals surface area contributed by atoms with Gasteiger partial charge in [0.25, 0.3) is 5.91 Å². The molecule has 3 aromatic rings. The van der Waals surface area contributed by atoms with Gasteiger partial charge in [-0.3, -0.25) is 9.36 Å². The van der Waals surface area contributed by atoms with Crippen LogP contribution in [0.3, 0.4) is 0 Å². The Morgan fingerprint density at radius 3 is 2.48 bits per heavy atom. The number of aromatic nitrogens is 2. The summed E-state index contributed by atoms with van der Waals surface area (Å²) in [5.41, 5.74) is 3.77. The maximum atomic E-state index is 12.8. The number of fused-ring (bicyclic) bond motifs is 1. The van der Waals surface area contributed by atoms with Crippen LogP contribution < -0.4 is 5.69 Å². The van der Waals surface area contributed by atoms with E-state index in [1.54, 1.807) is 0 Å². The predicted octanol–water partition coefficient (Wildman–Crippen LogP) is 3.76. The van der Waals surface area contributed by atoms with Crippen molar-refractivity contribution in [1.82, 2.24) is 14.5 Å². The molecular formula is C22H25N3O2. The summed E-state index contributed by atoms with van der Waals surface area (Å²) in [6.45, 7) is 3.50. The third-order valence-electron chi connectivity index (χ3n) is 5.48. The second-order valence-electron chi connectivity index (χ2n) is 7.29. The molecule has 140 valence electrons. The lowest BCUT2D eigenvalue weighted by atomic mass is 10.0. The van der Waals surface area contributed by atoms with Crippen molar-refractivity contribution in [1.29, 1.82) is 0 Å². The summed E-state index contributed by atoms with van der Waals surface area (Å²) in [6, 6.07) is 15.9. The minimum atomic E-state index is -0.0625. The van der Waals surface area contributed by atoms with Gasteiger partial charge in [0.05, 0.1) is 11.0 Å². The number of nitrogens with one attached hydrogen (secondary N) is 1. The van der Waals surface area contributed by atoms with Crippen LogP contribution >= 0.6 is 0 Å². The number of rotatable bonds is 4. The van der Waals surface area contributed by atoms with Crippen LogP contribution in [0.1, 0.15) is 48.1 Å². The lowest BCUT2D eigenvalue weighted by Gasteiger charge is -2.32. The summed E-state index contributed by atoms with van der Waals surface area (Å²) in [5.74, 6) is 0.0859. The number of hydrogen-bond donors (Lipinski definition) is 1. The van der Waals surface area contributed by atoms with Gasteiger partial charge in [0.15, 0.2) is 0 Å². The van der Waals surface area contributed by atoms with Gasteiger partial charge in [-0.1, -0.05) is 37.6 Å². The van der Waals surface area contributed by atoms with Gasteiger partial charge in [-0.05, 0) is 49.1 Å². The standard InChI is InChI=1S/C22H25N3O2/c1-2-5-16-8-10-17(11-9-16)21(26)24-14-12-18(13-15-24)25-20-7-4-3-6-19(20)23-22(25)27/h3-4,6-11,18H,2,5,12-15H2,1H3,(H,23,27). The molecule has 1 aliphatic rings. The number of imidazole rings is 1. The highest BCUT2D eigenvalue weighted by Gasteiger charge is 2.26. The normalized spacial score (nSPS) is 15.4. The number of amides is 1. The zero-order valence-electron chi connectivity index (χ0n) is 15.6. The number of aryl methyl sites for hydroxylation is 1. The molecule has 1 fully saturated rings. The Bertz CT molecular complexity index is 992. The number of para-hydroxylation sites is 2. The largest absolute Gasteiger partial charge is 0.338 e. The molecule has 1 amide bonds. The quantitative estimate of drug-likeness (QED) is 0.767. The summed E-state index contributed by atoms with van der Waals surface area (Å²) < 4.78 is 1.86. The number of nitrogens with zero attached hydrogens (tertiary/aromatic N) is 2. The van der Waals surface area contributed by atoms with Crippen LogP contribution in [0.5, 0.6) is 0 Å². The predicted molar refractivity (Wildman–Crippen MR) is 107 cm³/mol. The van der Waals surface area contributed by atoms with Gasteiger partial charge in [-0.25, -0.2) is 4.79 Å². The molecule has 0 atom stereocenters. The molecule has 27 heavy (non-hydrogen) atoms. The third kappa shape index (κ3) is 3.42. The van der Waals surface area contributed by atoms with Gasteiger partial charge in [-0.2, -0.15) is 0 Å². The van der Waals surface area contributed by atoms with E-state index >= 15 is 0 Å². The van der Waals surface area contributed by atoms with Crippen molar-refractivity contribution in [3.05, 3.63) is 70.1 Å². The number of likely N-dealkylation sites (tertiary alicyclic amines) is 1. The van der Waals surface area contributed by atoms with E-state index in [1.807, 2.05) is 45.9 Å². The molecule has 2 heterocycles. The van der Waals surface area contributed by atoms with Crippen molar-refractivity contribution in [3.63, 3.8) is 0 Å². The van der Waals surface area contributed by atoms with Gasteiger partial charge in [0, 0.05) is 24.7 Å². The highest BCUT2D eigenvalue weighted by atomic mass is 16.2. The second kappa shape index (κ2) is 7.43. The van der Waals surface area contributed by atoms with Crippen LogP contribution in [0, 0.1) is 0 Å². The first kappa shape index (κ1) is 17.6. The van der Waals surface area contributed by atoms with Crippen molar-refractivity contribution in [2.24, 2.45) is 0 Å². The van der Waals surface area contributed by atoms with E-state index in [0.29, 0.717) is 13.1 Å².